The topological polar surface area (TPSA) is 75.0 Å². The highest BCUT2D eigenvalue weighted by Gasteiger charge is 2.19. The van der Waals surface area contributed by atoms with Gasteiger partial charge in [-0.3, -0.25) is 0 Å². The monoisotopic (exact) mass is 278 g/mol. The molecule has 0 spiro atoms. The number of ether oxygens (including phenoxy) is 3. The maximum Gasteiger partial charge on any atom is 0.339 e. The highest BCUT2D eigenvalue weighted by atomic mass is 16.5. The predicted molar refractivity (Wildman–Crippen MR) is 71.5 cm³/mol. The molecule has 106 valence electrons. The number of hydrogen-bond donors (Lipinski definition) is 0. The Hall–Kier alpha value is -2.50. The molecule has 0 aliphatic rings. The summed E-state index contributed by atoms with van der Waals surface area (Å²) in [6, 6.07) is 4.21. The molecule has 0 saturated carbocycles. The highest BCUT2D eigenvalue weighted by molar-refractivity contribution is 6.05. The molecule has 2 aromatic rings. The average Bonchev–Trinajstić information content (AvgIpc) is 2.44. The Morgan fingerprint density at radius 2 is 1.95 bits per heavy atom. The second kappa shape index (κ2) is 5.64. The zero-order chi connectivity index (χ0) is 14.7. The number of rotatable bonds is 4. The van der Waals surface area contributed by atoms with E-state index in [9.17, 15) is 9.59 Å². The van der Waals surface area contributed by atoms with Crippen molar-refractivity contribution in [3.05, 3.63) is 34.2 Å². The molecule has 0 fully saturated rings. The Morgan fingerprint density at radius 1 is 1.20 bits per heavy atom. The summed E-state index contributed by atoms with van der Waals surface area (Å²) in [4.78, 5) is 23.5. The van der Waals surface area contributed by atoms with E-state index in [1.807, 2.05) is 0 Å². The van der Waals surface area contributed by atoms with E-state index in [-0.39, 0.29) is 17.8 Å². The van der Waals surface area contributed by atoms with Gasteiger partial charge in [-0.05, 0) is 6.92 Å². The highest BCUT2D eigenvalue weighted by Crippen LogP contribution is 2.33. The first kappa shape index (κ1) is 13.9. The van der Waals surface area contributed by atoms with Crippen molar-refractivity contribution in [1.82, 2.24) is 0 Å². The number of fused-ring (bicyclic) bond motifs is 1. The molecule has 0 N–H and O–H groups in total. The van der Waals surface area contributed by atoms with Crippen molar-refractivity contribution in [2.45, 2.75) is 6.92 Å². The second-order valence-electron chi connectivity index (χ2n) is 3.90. The van der Waals surface area contributed by atoms with E-state index in [1.54, 1.807) is 13.0 Å². The number of hydrogen-bond acceptors (Lipinski definition) is 6. The second-order valence-corrected chi connectivity index (χ2v) is 3.90. The number of esters is 1. The van der Waals surface area contributed by atoms with Crippen LogP contribution < -0.4 is 15.1 Å². The van der Waals surface area contributed by atoms with Crippen molar-refractivity contribution in [2.75, 3.05) is 20.8 Å². The van der Waals surface area contributed by atoms with Crippen molar-refractivity contribution < 1.29 is 23.4 Å². The van der Waals surface area contributed by atoms with Gasteiger partial charge < -0.3 is 18.6 Å². The summed E-state index contributed by atoms with van der Waals surface area (Å²) >= 11 is 0. The summed E-state index contributed by atoms with van der Waals surface area (Å²) < 4.78 is 20.4. The standard InChI is InChI=1S/C14H14O6/c1-4-19-14(16)9-7-12(15)20-11-6-8(17-2)5-10(18-3)13(9)11/h5-7H,4H2,1-3H3. The van der Waals surface area contributed by atoms with Crippen molar-refractivity contribution >= 4 is 16.9 Å². The van der Waals surface area contributed by atoms with Crippen LogP contribution in [-0.4, -0.2) is 26.8 Å². The van der Waals surface area contributed by atoms with Crippen molar-refractivity contribution in [3.8, 4) is 11.5 Å². The average molecular weight is 278 g/mol. The van der Waals surface area contributed by atoms with Gasteiger partial charge in [0.25, 0.3) is 0 Å². The van der Waals surface area contributed by atoms with Crippen LogP contribution in [-0.2, 0) is 4.74 Å². The summed E-state index contributed by atoms with van der Waals surface area (Å²) in [6.45, 7) is 1.89. The minimum atomic E-state index is -0.643. The Kier molecular flexibility index (Phi) is 3.93. The van der Waals surface area contributed by atoms with Gasteiger partial charge in [0.2, 0.25) is 0 Å². The molecular weight excluding hydrogens is 264 g/mol. The maximum atomic E-state index is 11.9. The summed E-state index contributed by atoms with van der Waals surface area (Å²) in [5.41, 5.74) is -0.329. The first-order chi connectivity index (χ1) is 9.60. The molecule has 0 atom stereocenters. The number of carbonyl (C=O) groups excluding carboxylic acids is 1. The van der Waals surface area contributed by atoms with Crippen LogP contribution in [0.1, 0.15) is 17.3 Å². The molecule has 0 saturated heterocycles. The summed E-state index contributed by atoms with van der Waals surface area (Å²) in [5.74, 6) is 0.221. The van der Waals surface area contributed by atoms with Gasteiger partial charge in [0, 0.05) is 18.2 Å². The van der Waals surface area contributed by atoms with Gasteiger partial charge in [-0.1, -0.05) is 0 Å². The minimum Gasteiger partial charge on any atom is -0.496 e. The fourth-order valence-electron chi connectivity index (χ4n) is 1.89. The molecule has 0 amide bonds. The Labute approximate surface area is 114 Å². The first-order valence-electron chi connectivity index (χ1n) is 5.97. The van der Waals surface area contributed by atoms with Gasteiger partial charge in [0.05, 0.1) is 31.8 Å². The van der Waals surface area contributed by atoms with E-state index in [2.05, 4.69) is 0 Å². The largest absolute Gasteiger partial charge is 0.496 e. The van der Waals surface area contributed by atoms with Gasteiger partial charge in [-0.15, -0.1) is 0 Å². The molecule has 0 aliphatic heterocycles. The normalized spacial score (nSPS) is 10.3. The summed E-state index contributed by atoms with van der Waals surface area (Å²) in [6.07, 6.45) is 0. The lowest BCUT2D eigenvalue weighted by Crippen LogP contribution is -2.10. The third kappa shape index (κ3) is 2.45. The van der Waals surface area contributed by atoms with E-state index < -0.39 is 11.6 Å². The molecule has 0 bridgehead atoms. The number of benzene rings is 1. The van der Waals surface area contributed by atoms with Crippen LogP contribution in [0.2, 0.25) is 0 Å². The molecule has 0 radical (unpaired) electrons. The SMILES string of the molecule is CCOC(=O)c1cc(=O)oc2cc(OC)cc(OC)c12. The van der Waals surface area contributed by atoms with Crippen LogP contribution in [0.25, 0.3) is 11.0 Å². The smallest absolute Gasteiger partial charge is 0.339 e. The van der Waals surface area contributed by atoms with E-state index in [1.165, 1.54) is 20.3 Å². The Morgan fingerprint density at radius 3 is 2.55 bits per heavy atom. The van der Waals surface area contributed by atoms with Gasteiger partial charge in [0.15, 0.2) is 0 Å². The minimum absolute atomic E-state index is 0.109. The Balaban J connectivity index is 2.80. The van der Waals surface area contributed by atoms with Crippen molar-refractivity contribution in [1.29, 1.82) is 0 Å². The number of methoxy groups -OCH3 is 2. The van der Waals surface area contributed by atoms with Crippen LogP contribution in [0, 0.1) is 0 Å². The Bertz CT molecular complexity index is 701. The first-order valence-corrected chi connectivity index (χ1v) is 5.97. The molecule has 6 nitrogen and oxygen atoms in total. The summed E-state index contributed by atoms with van der Waals surface area (Å²) in [5, 5.41) is 0.381. The lowest BCUT2D eigenvalue weighted by molar-refractivity contribution is 0.0527. The molecule has 20 heavy (non-hydrogen) atoms. The van der Waals surface area contributed by atoms with Gasteiger partial charge in [-0.2, -0.15) is 0 Å². The molecule has 1 heterocycles. The van der Waals surface area contributed by atoms with Crippen LogP contribution in [0.15, 0.2) is 27.4 Å². The van der Waals surface area contributed by atoms with E-state index in [4.69, 9.17) is 18.6 Å². The zero-order valence-corrected chi connectivity index (χ0v) is 11.4. The molecule has 0 aliphatic carbocycles. The van der Waals surface area contributed by atoms with Crippen molar-refractivity contribution in [2.24, 2.45) is 0 Å². The molecule has 6 heteroatoms. The lowest BCUT2D eigenvalue weighted by atomic mass is 10.1. The van der Waals surface area contributed by atoms with Crippen LogP contribution in [0.4, 0.5) is 0 Å². The van der Waals surface area contributed by atoms with Crippen LogP contribution >= 0.6 is 0 Å². The van der Waals surface area contributed by atoms with Crippen molar-refractivity contribution in [3.63, 3.8) is 0 Å². The van der Waals surface area contributed by atoms with Gasteiger partial charge in [-0.25, -0.2) is 9.59 Å². The molecular formula is C14H14O6. The fourth-order valence-corrected chi connectivity index (χ4v) is 1.89. The molecule has 1 aromatic carbocycles. The molecule has 2 rings (SSSR count). The quantitative estimate of drug-likeness (QED) is 0.629. The zero-order valence-electron chi connectivity index (χ0n) is 11.4. The van der Waals surface area contributed by atoms with Crippen LogP contribution in [0.5, 0.6) is 11.5 Å². The maximum absolute atomic E-state index is 11.9. The van der Waals surface area contributed by atoms with Crippen LogP contribution in [0.3, 0.4) is 0 Å². The predicted octanol–water partition coefficient (Wildman–Crippen LogP) is 1.99. The number of carbonyl (C=O) groups is 1. The summed E-state index contributed by atoms with van der Waals surface area (Å²) in [7, 11) is 2.93. The van der Waals surface area contributed by atoms with E-state index >= 15 is 0 Å². The third-order valence-corrected chi connectivity index (χ3v) is 2.73. The van der Waals surface area contributed by atoms with E-state index in [0.29, 0.717) is 16.9 Å². The molecule has 0 unspecified atom stereocenters. The van der Waals surface area contributed by atoms with Gasteiger partial charge in [0.1, 0.15) is 17.1 Å². The van der Waals surface area contributed by atoms with E-state index in [0.717, 1.165) is 6.07 Å². The molecule has 1 aromatic heterocycles. The van der Waals surface area contributed by atoms with Gasteiger partial charge >= 0.3 is 11.6 Å². The third-order valence-electron chi connectivity index (χ3n) is 2.73. The lowest BCUT2D eigenvalue weighted by Gasteiger charge is -2.10. The fraction of sp³-hybridized carbons (Fsp3) is 0.286.